The van der Waals surface area contributed by atoms with E-state index in [1.165, 1.54) is 6.92 Å². The molecule has 0 fully saturated rings. The lowest BCUT2D eigenvalue weighted by molar-refractivity contribution is -0.153. The normalized spacial score (nSPS) is 11.4. The van der Waals surface area contributed by atoms with Crippen molar-refractivity contribution in [1.29, 1.82) is 0 Å². The van der Waals surface area contributed by atoms with E-state index in [0.29, 0.717) is 11.4 Å². The Hall–Kier alpha value is -2.82. The molecule has 5 heteroatoms. The number of carbonyl (C=O) groups is 2. The summed E-state index contributed by atoms with van der Waals surface area (Å²) in [6.45, 7) is 3.71. The summed E-state index contributed by atoms with van der Waals surface area (Å²) in [7, 11) is 0. The van der Waals surface area contributed by atoms with Crippen LogP contribution in [0.1, 0.15) is 18.9 Å². The van der Waals surface area contributed by atoms with Crippen LogP contribution in [0, 0.1) is 6.92 Å². The Morgan fingerprint density at radius 3 is 2.54 bits per heavy atom. The summed E-state index contributed by atoms with van der Waals surface area (Å²) in [5.41, 5.74) is 1.74. The van der Waals surface area contributed by atoms with Gasteiger partial charge in [0.15, 0.2) is 6.10 Å². The number of benzene rings is 2. The van der Waals surface area contributed by atoms with Gasteiger partial charge in [-0.25, -0.2) is 0 Å². The molecule has 0 aliphatic rings. The lowest BCUT2D eigenvalue weighted by Crippen LogP contribution is -2.30. The predicted octanol–water partition coefficient (Wildman–Crippen LogP) is 3.33. The Morgan fingerprint density at radius 2 is 1.83 bits per heavy atom. The molecule has 2 rings (SSSR count). The molecule has 5 nitrogen and oxygen atoms in total. The largest absolute Gasteiger partial charge is 0.493 e. The number of carbonyl (C=O) groups excluding carboxylic acids is 2. The van der Waals surface area contributed by atoms with Gasteiger partial charge in [-0.2, -0.15) is 0 Å². The molecule has 0 heterocycles. The molecule has 2 aromatic carbocycles. The molecule has 0 aromatic heterocycles. The van der Waals surface area contributed by atoms with E-state index >= 15 is 0 Å². The Morgan fingerprint density at radius 1 is 1.08 bits per heavy atom. The SMILES string of the molecule is Cc1cccc(OCCC(=O)OC(C)C(=O)Nc2ccccc2)c1. The topological polar surface area (TPSA) is 64.6 Å². The molecule has 0 spiro atoms. The third-order valence-electron chi connectivity index (χ3n) is 3.28. The highest BCUT2D eigenvalue weighted by atomic mass is 16.5. The smallest absolute Gasteiger partial charge is 0.310 e. The predicted molar refractivity (Wildman–Crippen MR) is 91.9 cm³/mol. The van der Waals surface area contributed by atoms with Gasteiger partial charge >= 0.3 is 5.97 Å². The van der Waals surface area contributed by atoms with Crippen LogP contribution in [0.25, 0.3) is 0 Å². The molecule has 0 aliphatic heterocycles. The average Bonchev–Trinajstić information content (AvgIpc) is 2.55. The molecule has 0 saturated heterocycles. The third-order valence-corrected chi connectivity index (χ3v) is 3.28. The van der Waals surface area contributed by atoms with Gasteiger partial charge in [0.2, 0.25) is 0 Å². The van der Waals surface area contributed by atoms with Gasteiger partial charge in [0.25, 0.3) is 5.91 Å². The van der Waals surface area contributed by atoms with Gasteiger partial charge in [-0.1, -0.05) is 30.3 Å². The summed E-state index contributed by atoms with van der Waals surface area (Å²) in [5, 5.41) is 2.69. The van der Waals surface area contributed by atoms with Gasteiger partial charge < -0.3 is 14.8 Å². The number of rotatable bonds is 7. The van der Waals surface area contributed by atoms with Gasteiger partial charge in [-0.05, 0) is 43.7 Å². The van der Waals surface area contributed by atoms with Crippen LogP contribution < -0.4 is 10.1 Å². The van der Waals surface area contributed by atoms with E-state index in [9.17, 15) is 9.59 Å². The minimum absolute atomic E-state index is 0.0803. The maximum Gasteiger partial charge on any atom is 0.310 e. The molecule has 24 heavy (non-hydrogen) atoms. The standard InChI is InChI=1S/C19H21NO4/c1-14-7-6-10-17(13-14)23-12-11-18(21)24-15(2)19(22)20-16-8-4-3-5-9-16/h3-10,13,15H,11-12H2,1-2H3,(H,20,22). The molecule has 0 radical (unpaired) electrons. The number of hydrogen-bond donors (Lipinski definition) is 1. The average molecular weight is 327 g/mol. The first-order valence-electron chi connectivity index (χ1n) is 7.79. The summed E-state index contributed by atoms with van der Waals surface area (Å²) in [5.74, 6) is -0.134. The minimum Gasteiger partial charge on any atom is -0.493 e. The highest BCUT2D eigenvalue weighted by Crippen LogP contribution is 2.12. The van der Waals surface area contributed by atoms with Gasteiger partial charge in [0.1, 0.15) is 5.75 Å². The molecule has 1 N–H and O–H groups in total. The van der Waals surface area contributed by atoms with Gasteiger partial charge in [-0.3, -0.25) is 9.59 Å². The second-order valence-electron chi connectivity index (χ2n) is 5.40. The zero-order valence-corrected chi connectivity index (χ0v) is 13.8. The van der Waals surface area contributed by atoms with Crippen molar-refractivity contribution >= 4 is 17.6 Å². The van der Waals surface area contributed by atoms with E-state index in [-0.39, 0.29) is 18.9 Å². The van der Waals surface area contributed by atoms with Gasteiger partial charge in [-0.15, -0.1) is 0 Å². The third kappa shape index (κ3) is 5.76. The van der Waals surface area contributed by atoms with E-state index in [4.69, 9.17) is 9.47 Å². The molecular weight excluding hydrogens is 306 g/mol. The zero-order chi connectivity index (χ0) is 17.4. The van der Waals surface area contributed by atoms with E-state index in [1.54, 1.807) is 12.1 Å². The molecular formula is C19H21NO4. The van der Waals surface area contributed by atoms with E-state index in [2.05, 4.69) is 5.32 Å². The lowest BCUT2D eigenvalue weighted by Gasteiger charge is -2.13. The monoisotopic (exact) mass is 327 g/mol. The molecule has 0 bridgehead atoms. The highest BCUT2D eigenvalue weighted by molar-refractivity contribution is 5.95. The van der Waals surface area contributed by atoms with Crippen LogP contribution in [0.15, 0.2) is 54.6 Å². The highest BCUT2D eigenvalue weighted by Gasteiger charge is 2.17. The second-order valence-corrected chi connectivity index (χ2v) is 5.40. The first kappa shape index (κ1) is 17.5. The molecule has 126 valence electrons. The van der Waals surface area contributed by atoms with Crippen molar-refractivity contribution in [2.45, 2.75) is 26.4 Å². The number of hydrogen-bond acceptors (Lipinski definition) is 4. The number of anilines is 1. The van der Waals surface area contributed by atoms with Crippen molar-refractivity contribution in [3.05, 3.63) is 60.2 Å². The Kier molecular flexibility index (Phi) is 6.37. The van der Waals surface area contributed by atoms with Crippen LogP contribution in [-0.2, 0) is 14.3 Å². The first-order valence-corrected chi connectivity index (χ1v) is 7.79. The van der Waals surface area contributed by atoms with Crippen molar-refractivity contribution in [3.63, 3.8) is 0 Å². The Labute approximate surface area is 141 Å². The Balaban J connectivity index is 1.72. The summed E-state index contributed by atoms with van der Waals surface area (Å²) >= 11 is 0. The second kappa shape index (κ2) is 8.72. The molecule has 0 saturated carbocycles. The summed E-state index contributed by atoms with van der Waals surface area (Å²) in [4.78, 5) is 23.7. The van der Waals surface area contributed by atoms with Crippen LogP contribution in [0.3, 0.4) is 0 Å². The zero-order valence-electron chi connectivity index (χ0n) is 13.8. The molecule has 1 atom stereocenters. The van der Waals surface area contributed by atoms with Gasteiger partial charge in [0.05, 0.1) is 13.0 Å². The van der Waals surface area contributed by atoms with Crippen LogP contribution >= 0.6 is 0 Å². The number of ether oxygens (including phenoxy) is 2. The van der Waals surface area contributed by atoms with Crippen molar-refractivity contribution in [2.75, 3.05) is 11.9 Å². The number of para-hydroxylation sites is 1. The fourth-order valence-corrected chi connectivity index (χ4v) is 2.03. The number of amides is 1. The van der Waals surface area contributed by atoms with Gasteiger partial charge in [0, 0.05) is 5.69 Å². The fourth-order valence-electron chi connectivity index (χ4n) is 2.03. The van der Waals surface area contributed by atoms with Crippen LogP contribution in [0.4, 0.5) is 5.69 Å². The summed E-state index contributed by atoms with van der Waals surface area (Å²) in [6, 6.07) is 16.6. The molecule has 1 unspecified atom stereocenters. The van der Waals surface area contributed by atoms with Crippen molar-refractivity contribution in [1.82, 2.24) is 0 Å². The quantitative estimate of drug-likeness (QED) is 0.792. The summed E-state index contributed by atoms with van der Waals surface area (Å²) < 4.78 is 10.6. The minimum atomic E-state index is -0.864. The number of nitrogens with one attached hydrogen (secondary N) is 1. The van der Waals surface area contributed by atoms with Crippen molar-refractivity contribution in [2.24, 2.45) is 0 Å². The first-order chi connectivity index (χ1) is 11.5. The van der Waals surface area contributed by atoms with E-state index in [1.807, 2.05) is 49.4 Å². The van der Waals surface area contributed by atoms with Crippen LogP contribution in [-0.4, -0.2) is 24.6 Å². The number of aryl methyl sites for hydroxylation is 1. The van der Waals surface area contributed by atoms with Crippen LogP contribution in [0.5, 0.6) is 5.75 Å². The maximum absolute atomic E-state index is 12.0. The van der Waals surface area contributed by atoms with Crippen molar-refractivity contribution < 1.29 is 19.1 Å². The number of esters is 1. The fraction of sp³-hybridized carbons (Fsp3) is 0.263. The molecule has 2 aromatic rings. The summed E-state index contributed by atoms with van der Waals surface area (Å²) in [6.07, 6.45) is -0.784. The van der Waals surface area contributed by atoms with Crippen molar-refractivity contribution in [3.8, 4) is 5.75 Å². The van der Waals surface area contributed by atoms with Crippen LogP contribution in [0.2, 0.25) is 0 Å². The molecule has 1 amide bonds. The van der Waals surface area contributed by atoms with E-state index in [0.717, 1.165) is 5.56 Å². The molecule has 0 aliphatic carbocycles. The lowest BCUT2D eigenvalue weighted by atomic mass is 10.2. The maximum atomic E-state index is 12.0. The Bertz CT molecular complexity index is 685. The van der Waals surface area contributed by atoms with E-state index < -0.39 is 12.1 Å².